The van der Waals surface area contributed by atoms with Crippen LogP contribution in [0, 0.1) is 11.8 Å². The summed E-state index contributed by atoms with van der Waals surface area (Å²) in [6, 6.07) is 8.60. The number of carboxylic acid groups (broad SMARTS) is 1. The number of carboxylic acids is 1. The number of rotatable bonds is 3. The molecule has 23 heavy (non-hydrogen) atoms. The molecule has 1 unspecified atom stereocenters. The van der Waals surface area contributed by atoms with E-state index in [0.29, 0.717) is 32.4 Å². The van der Waals surface area contributed by atoms with Crippen molar-refractivity contribution in [2.24, 2.45) is 11.8 Å². The minimum Gasteiger partial charge on any atom is -0.481 e. The molecule has 3 rings (SSSR count). The molecule has 1 aromatic rings. The highest BCUT2D eigenvalue weighted by Crippen LogP contribution is 2.35. The number of piperazine rings is 1. The number of hydrogen-bond donors (Lipinski definition) is 2. The molecule has 6 nitrogen and oxygen atoms in total. The number of nitrogens with one attached hydrogen (secondary N) is 1. The maximum atomic E-state index is 12.9. The second kappa shape index (κ2) is 6.40. The van der Waals surface area contributed by atoms with E-state index in [1.807, 2.05) is 30.3 Å². The molecule has 6 heteroatoms. The van der Waals surface area contributed by atoms with Gasteiger partial charge in [0.05, 0.1) is 5.92 Å². The molecule has 0 aromatic heterocycles. The fraction of sp³-hybridized carbons (Fsp3) is 0.471. The van der Waals surface area contributed by atoms with E-state index in [9.17, 15) is 14.4 Å². The van der Waals surface area contributed by atoms with Crippen molar-refractivity contribution in [2.75, 3.05) is 13.1 Å². The first-order chi connectivity index (χ1) is 11.1. The van der Waals surface area contributed by atoms with Crippen molar-refractivity contribution in [1.82, 2.24) is 10.2 Å². The molecule has 1 saturated carbocycles. The van der Waals surface area contributed by atoms with Gasteiger partial charge in [0.25, 0.3) is 0 Å². The molecule has 2 N–H and O–H groups in total. The first-order valence-electron chi connectivity index (χ1n) is 7.94. The zero-order valence-corrected chi connectivity index (χ0v) is 12.8. The summed E-state index contributed by atoms with van der Waals surface area (Å²) in [6.45, 7) is 0.890. The SMILES string of the molecule is O=C1NCCN(C(=O)[C@H]2CC[C@@H](C(=O)O)C2)C1c1ccccc1. The maximum Gasteiger partial charge on any atom is 0.306 e. The summed E-state index contributed by atoms with van der Waals surface area (Å²) in [7, 11) is 0. The Kier molecular flexibility index (Phi) is 4.32. The molecule has 1 aliphatic heterocycles. The number of amides is 2. The summed E-state index contributed by atoms with van der Waals surface area (Å²) in [6.07, 6.45) is 1.48. The first kappa shape index (κ1) is 15.5. The van der Waals surface area contributed by atoms with Gasteiger partial charge in [0.2, 0.25) is 11.8 Å². The van der Waals surface area contributed by atoms with Crippen LogP contribution in [0.15, 0.2) is 30.3 Å². The van der Waals surface area contributed by atoms with Gasteiger partial charge in [-0.3, -0.25) is 14.4 Å². The highest BCUT2D eigenvalue weighted by molar-refractivity contribution is 5.91. The van der Waals surface area contributed by atoms with E-state index in [2.05, 4.69) is 5.32 Å². The van der Waals surface area contributed by atoms with Crippen LogP contribution < -0.4 is 5.32 Å². The smallest absolute Gasteiger partial charge is 0.306 e. The normalized spacial score (nSPS) is 27.6. The minimum atomic E-state index is -0.837. The summed E-state index contributed by atoms with van der Waals surface area (Å²) in [5, 5.41) is 11.9. The molecule has 2 fully saturated rings. The molecule has 122 valence electrons. The van der Waals surface area contributed by atoms with Crippen molar-refractivity contribution in [3.63, 3.8) is 0 Å². The molecule has 1 saturated heterocycles. The number of carbonyl (C=O) groups excluding carboxylic acids is 2. The van der Waals surface area contributed by atoms with Gasteiger partial charge in [0.1, 0.15) is 6.04 Å². The Morgan fingerprint density at radius 1 is 1.13 bits per heavy atom. The van der Waals surface area contributed by atoms with Crippen LogP contribution >= 0.6 is 0 Å². The fourth-order valence-corrected chi connectivity index (χ4v) is 3.54. The molecule has 0 bridgehead atoms. The van der Waals surface area contributed by atoms with Gasteiger partial charge >= 0.3 is 5.97 Å². The monoisotopic (exact) mass is 316 g/mol. The Morgan fingerprint density at radius 2 is 1.83 bits per heavy atom. The van der Waals surface area contributed by atoms with Gasteiger partial charge in [-0.1, -0.05) is 30.3 Å². The van der Waals surface area contributed by atoms with Crippen LogP contribution in [0.2, 0.25) is 0 Å². The van der Waals surface area contributed by atoms with Gasteiger partial charge in [-0.15, -0.1) is 0 Å². The van der Waals surface area contributed by atoms with Crippen molar-refractivity contribution in [3.8, 4) is 0 Å². The quantitative estimate of drug-likeness (QED) is 0.877. The molecular formula is C17H20N2O4. The Labute approximate surface area is 134 Å². The molecule has 3 atom stereocenters. The second-order valence-electron chi connectivity index (χ2n) is 6.18. The Bertz CT molecular complexity index is 616. The predicted octanol–water partition coefficient (Wildman–Crippen LogP) is 1.19. The third kappa shape index (κ3) is 3.06. The van der Waals surface area contributed by atoms with E-state index in [4.69, 9.17) is 5.11 Å². The van der Waals surface area contributed by atoms with Crippen LogP contribution in [0.4, 0.5) is 0 Å². The number of carbonyl (C=O) groups is 3. The van der Waals surface area contributed by atoms with E-state index >= 15 is 0 Å². The highest BCUT2D eigenvalue weighted by Gasteiger charge is 2.41. The Morgan fingerprint density at radius 3 is 2.48 bits per heavy atom. The molecule has 1 heterocycles. The Balaban J connectivity index is 1.80. The van der Waals surface area contributed by atoms with Gasteiger partial charge in [-0.2, -0.15) is 0 Å². The average molecular weight is 316 g/mol. The third-order valence-electron chi connectivity index (χ3n) is 4.74. The third-order valence-corrected chi connectivity index (χ3v) is 4.74. The van der Waals surface area contributed by atoms with Crippen LogP contribution in [0.5, 0.6) is 0 Å². The lowest BCUT2D eigenvalue weighted by Crippen LogP contribution is -2.53. The molecule has 2 aliphatic rings. The first-order valence-corrected chi connectivity index (χ1v) is 7.94. The standard InChI is InChI=1S/C17H20N2O4/c20-15-14(11-4-2-1-3-5-11)19(9-8-18-15)16(21)12-6-7-13(10-12)17(22)23/h1-5,12-14H,6-10H2,(H,18,20)(H,22,23)/t12-,13+,14?/m0/s1. The van der Waals surface area contributed by atoms with Crippen molar-refractivity contribution in [1.29, 1.82) is 0 Å². The van der Waals surface area contributed by atoms with Gasteiger partial charge in [0.15, 0.2) is 0 Å². The predicted molar refractivity (Wildman–Crippen MR) is 82.4 cm³/mol. The minimum absolute atomic E-state index is 0.0996. The largest absolute Gasteiger partial charge is 0.481 e. The van der Waals surface area contributed by atoms with Crippen LogP contribution in [-0.2, 0) is 14.4 Å². The van der Waals surface area contributed by atoms with Crippen molar-refractivity contribution in [2.45, 2.75) is 25.3 Å². The van der Waals surface area contributed by atoms with Crippen molar-refractivity contribution < 1.29 is 19.5 Å². The lowest BCUT2D eigenvalue weighted by atomic mass is 9.98. The Hall–Kier alpha value is -2.37. The zero-order chi connectivity index (χ0) is 16.4. The molecule has 2 amide bonds. The van der Waals surface area contributed by atoms with Crippen LogP contribution in [0.1, 0.15) is 30.9 Å². The summed E-state index contributed by atoms with van der Waals surface area (Å²) in [4.78, 5) is 37.9. The topological polar surface area (TPSA) is 86.7 Å². The van der Waals surface area contributed by atoms with Crippen molar-refractivity contribution in [3.05, 3.63) is 35.9 Å². The molecular weight excluding hydrogens is 296 g/mol. The lowest BCUT2D eigenvalue weighted by Gasteiger charge is -2.36. The van der Waals surface area contributed by atoms with Gasteiger partial charge in [-0.05, 0) is 24.8 Å². The van der Waals surface area contributed by atoms with Gasteiger partial charge in [-0.25, -0.2) is 0 Å². The number of hydrogen-bond acceptors (Lipinski definition) is 3. The summed E-state index contributed by atoms with van der Waals surface area (Å²) >= 11 is 0. The summed E-state index contributed by atoms with van der Waals surface area (Å²) in [5.74, 6) is -1.86. The van der Waals surface area contributed by atoms with E-state index in [0.717, 1.165) is 5.56 Å². The molecule has 0 spiro atoms. The lowest BCUT2D eigenvalue weighted by molar-refractivity contribution is -0.147. The van der Waals surface area contributed by atoms with Gasteiger partial charge < -0.3 is 15.3 Å². The molecule has 1 aliphatic carbocycles. The zero-order valence-electron chi connectivity index (χ0n) is 12.8. The summed E-state index contributed by atoms with van der Waals surface area (Å²) < 4.78 is 0. The average Bonchev–Trinajstić information content (AvgIpc) is 3.05. The van der Waals surface area contributed by atoms with Gasteiger partial charge in [0, 0.05) is 19.0 Å². The number of aliphatic carboxylic acids is 1. The van der Waals surface area contributed by atoms with E-state index in [1.165, 1.54) is 0 Å². The summed E-state index contributed by atoms with van der Waals surface area (Å²) in [5.41, 5.74) is 0.783. The molecule has 1 aromatic carbocycles. The number of nitrogens with zero attached hydrogens (tertiary/aromatic N) is 1. The number of benzene rings is 1. The van der Waals surface area contributed by atoms with E-state index in [-0.39, 0.29) is 17.7 Å². The maximum absolute atomic E-state index is 12.9. The fourth-order valence-electron chi connectivity index (χ4n) is 3.54. The van der Waals surface area contributed by atoms with Crippen molar-refractivity contribution >= 4 is 17.8 Å². The second-order valence-corrected chi connectivity index (χ2v) is 6.18. The van der Waals surface area contributed by atoms with E-state index < -0.39 is 17.9 Å². The van der Waals surface area contributed by atoms with Crippen LogP contribution in [0.3, 0.4) is 0 Å². The van der Waals surface area contributed by atoms with E-state index in [1.54, 1.807) is 4.90 Å². The highest BCUT2D eigenvalue weighted by atomic mass is 16.4. The van der Waals surface area contributed by atoms with Crippen LogP contribution in [0.25, 0.3) is 0 Å². The molecule has 0 radical (unpaired) electrons. The van der Waals surface area contributed by atoms with Crippen LogP contribution in [-0.4, -0.2) is 40.9 Å².